The van der Waals surface area contributed by atoms with Crippen molar-refractivity contribution < 1.29 is 18.4 Å². The number of aromatic amines is 1. The molecule has 2 aromatic carbocycles. The molecule has 7 nitrogen and oxygen atoms in total. The minimum Gasteiger partial charge on any atom is -0.330 e. The molecule has 0 aliphatic heterocycles. The van der Waals surface area contributed by atoms with Gasteiger partial charge < -0.3 is 16.4 Å². The zero-order chi connectivity index (χ0) is 22.7. The van der Waals surface area contributed by atoms with Crippen molar-refractivity contribution in [2.24, 2.45) is 5.73 Å². The number of fused-ring (bicyclic) bond motifs is 1. The molecule has 0 saturated carbocycles. The average Bonchev–Trinajstić information content (AvgIpc) is 3.43. The first kappa shape index (κ1) is 21.6. The van der Waals surface area contributed by atoms with E-state index in [-0.39, 0.29) is 24.4 Å². The molecule has 4 aromatic rings. The van der Waals surface area contributed by atoms with Gasteiger partial charge in [0.2, 0.25) is 5.91 Å². The van der Waals surface area contributed by atoms with E-state index in [1.807, 2.05) is 0 Å². The molecular weight excluding hydrogens is 436 g/mol. The van der Waals surface area contributed by atoms with Gasteiger partial charge in [-0.3, -0.25) is 14.7 Å². The van der Waals surface area contributed by atoms with Gasteiger partial charge in [0.25, 0.3) is 5.91 Å². The van der Waals surface area contributed by atoms with E-state index in [1.165, 1.54) is 17.4 Å². The van der Waals surface area contributed by atoms with E-state index in [9.17, 15) is 18.4 Å². The summed E-state index contributed by atoms with van der Waals surface area (Å²) in [5, 5.41) is 14.7. The van der Waals surface area contributed by atoms with E-state index in [4.69, 9.17) is 5.73 Å². The van der Waals surface area contributed by atoms with Gasteiger partial charge >= 0.3 is 0 Å². The fraction of sp³-hybridized carbons (Fsp3) is 0.136. The van der Waals surface area contributed by atoms with Crippen molar-refractivity contribution in [3.63, 3.8) is 0 Å². The molecule has 1 atom stereocenters. The van der Waals surface area contributed by atoms with Crippen molar-refractivity contribution >= 4 is 45.6 Å². The van der Waals surface area contributed by atoms with Crippen molar-refractivity contribution in [1.82, 2.24) is 10.2 Å². The number of carbonyl (C=O) groups is 2. The fourth-order valence-electron chi connectivity index (χ4n) is 3.41. The van der Waals surface area contributed by atoms with Crippen LogP contribution in [-0.4, -0.2) is 28.6 Å². The van der Waals surface area contributed by atoms with Crippen LogP contribution in [0.2, 0.25) is 0 Å². The predicted octanol–water partition coefficient (Wildman–Crippen LogP) is 4.23. The summed E-state index contributed by atoms with van der Waals surface area (Å²) in [4.78, 5) is 25.8. The van der Waals surface area contributed by atoms with Crippen LogP contribution in [0.5, 0.6) is 0 Å². The van der Waals surface area contributed by atoms with Crippen LogP contribution in [0.25, 0.3) is 10.9 Å². The summed E-state index contributed by atoms with van der Waals surface area (Å²) < 4.78 is 28.5. The summed E-state index contributed by atoms with van der Waals surface area (Å²) in [6.07, 6.45) is 0.0692. The second-order valence-electron chi connectivity index (χ2n) is 7.02. The lowest BCUT2D eigenvalue weighted by Crippen LogP contribution is -2.25. The predicted molar refractivity (Wildman–Crippen MR) is 120 cm³/mol. The Morgan fingerprint density at radius 1 is 1.09 bits per heavy atom. The van der Waals surface area contributed by atoms with Crippen LogP contribution in [0.4, 0.5) is 20.3 Å². The fourth-order valence-corrected chi connectivity index (χ4v) is 4.03. The van der Waals surface area contributed by atoms with Gasteiger partial charge in [-0.2, -0.15) is 5.10 Å². The van der Waals surface area contributed by atoms with Crippen molar-refractivity contribution in [3.05, 3.63) is 76.0 Å². The highest BCUT2D eigenvalue weighted by Crippen LogP contribution is 2.29. The maximum absolute atomic E-state index is 14.3. The third-order valence-electron chi connectivity index (χ3n) is 4.93. The van der Waals surface area contributed by atoms with Crippen LogP contribution < -0.4 is 16.4 Å². The number of carbonyl (C=O) groups excluding carboxylic acids is 2. The van der Waals surface area contributed by atoms with Crippen molar-refractivity contribution in [1.29, 1.82) is 0 Å². The molecule has 0 saturated heterocycles. The monoisotopic (exact) mass is 455 g/mol. The summed E-state index contributed by atoms with van der Waals surface area (Å²) in [5.41, 5.74) is 6.30. The first-order chi connectivity index (χ1) is 15.5. The minimum absolute atomic E-state index is 0.0692. The molecule has 0 aliphatic carbocycles. The zero-order valence-corrected chi connectivity index (χ0v) is 17.5. The topological polar surface area (TPSA) is 113 Å². The smallest absolute Gasteiger partial charge is 0.266 e. The molecule has 0 fully saturated rings. The van der Waals surface area contributed by atoms with E-state index in [0.717, 1.165) is 12.1 Å². The molecule has 1 unspecified atom stereocenters. The molecule has 2 amide bonds. The van der Waals surface area contributed by atoms with Crippen LogP contribution in [-0.2, 0) is 4.79 Å². The highest BCUT2D eigenvalue weighted by Gasteiger charge is 2.26. The Morgan fingerprint density at radius 2 is 1.88 bits per heavy atom. The number of rotatable bonds is 7. The van der Waals surface area contributed by atoms with E-state index >= 15 is 0 Å². The number of thiophene rings is 1. The van der Waals surface area contributed by atoms with Crippen LogP contribution in [0, 0.1) is 11.6 Å². The summed E-state index contributed by atoms with van der Waals surface area (Å²) in [6.45, 7) is 0.0749. The summed E-state index contributed by atoms with van der Waals surface area (Å²) in [6, 6.07) is 11.8. The number of nitrogens with one attached hydrogen (secondary N) is 3. The second kappa shape index (κ2) is 9.25. The maximum Gasteiger partial charge on any atom is 0.266 e. The van der Waals surface area contributed by atoms with E-state index < -0.39 is 23.5 Å². The number of halogens is 2. The number of hydrogen-bond acceptors (Lipinski definition) is 5. The molecule has 10 heteroatoms. The lowest BCUT2D eigenvalue weighted by molar-refractivity contribution is -0.117. The van der Waals surface area contributed by atoms with Gasteiger partial charge in [-0.1, -0.05) is 12.1 Å². The Morgan fingerprint density at radius 3 is 2.56 bits per heavy atom. The Bertz CT molecular complexity index is 1250. The van der Waals surface area contributed by atoms with E-state index in [0.29, 0.717) is 27.3 Å². The third-order valence-corrected chi connectivity index (χ3v) is 5.80. The second-order valence-corrected chi connectivity index (χ2v) is 7.97. The highest BCUT2D eigenvalue weighted by atomic mass is 32.1. The third kappa shape index (κ3) is 4.36. The number of nitrogens with two attached hydrogens (primary N) is 1. The van der Waals surface area contributed by atoms with Crippen molar-refractivity contribution in [2.75, 3.05) is 17.2 Å². The lowest BCUT2D eigenvalue weighted by Gasteiger charge is -2.18. The van der Waals surface area contributed by atoms with Crippen LogP contribution >= 0.6 is 11.3 Å². The van der Waals surface area contributed by atoms with Gasteiger partial charge in [-0.15, -0.1) is 11.3 Å². The molecule has 164 valence electrons. The Hall–Kier alpha value is -3.63. The quantitative estimate of drug-likeness (QED) is 0.334. The summed E-state index contributed by atoms with van der Waals surface area (Å²) in [7, 11) is 0. The molecule has 2 heterocycles. The van der Waals surface area contributed by atoms with E-state index in [2.05, 4.69) is 20.8 Å². The van der Waals surface area contributed by atoms with Gasteiger partial charge in [-0.05, 0) is 54.7 Å². The number of aromatic nitrogens is 2. The standard InChI is InChI=1S/C22H19F2N5O2S/c23-15-3-1-4-16(24)19(15)13(8-9-25)21(30)26-12-6-7-17-14(11-12)20(29-28-17)27-22(31)18-5-2-10-32-18/h1-7,10-11,13H,8-9,25H2,(H,26,30)(H2,27,28,29,31). The first-order valence-electron chi connectivity index (χ1n) is 9.75. The van der Waals surface area contributed by atoms with Crippen LogP contribution in [0.15, 0.2) is 53.9 Å². The molecule has 4 rings (SSSR count). The van der Waals surface area contributed by atoms with Crippen LogP contribution in [0.3, 0.4) is 0 Å². The Labute approximate surface area is 185 Å². The first-order valence-corrected chi connectivity index (χ1v) is 10.6. The zero-order valence-electron chi connectivity index (χ0n) is 16.7. The summed E-state index contributed by atoms with van der Waals surface area (Å²) >= 11 is 1.30. The number of benzene rings is 2. The lowest BCUT2D eigenvalue weighted by atomic mass is 9.93. The average molecular weight is 455 g/mol. The number of H-pyrrole nitrogens is 1. The minimum atomic E-state index is -1.10. The normalized spacial score (nSPS) is 12.0. The maximum atomic E-state index is 14.3. The Kier molecular flexibility index (Phi) is 6.24. The molecule has 0 spiro atoms. The molecule has 0 aliphatic rings. The summed E-state index contributed by atoms with van der Waals surface area (Å²) in [5.74, 6) is -3.30. The molecule has 2 aromatic heterocycles. The molecular formula is C22H19F2N5O2S. The Balaban J connectivity index is 1.59. The van der Waals surface area contributed by atoms with Crippen LogP contribution in [0.1, 0.15) is 27.6 Å². The van der Waals surface area contributed by atoms with Gasteiger partial charge in [0, 0.05) is 16.6 Å². The molecule has 0 radical (unpaired) electrons. The largest absolute Gasteiger partial charge is 0.330 e. The molecule has 32 heavy (non-hydrogen) atoms. The van der Waals surface area contributed by atoms with Gasteiger partial charge in [-0.25, -0.2) is 8.78 Å². The molecule has 5 N–H and O–H groups in total. The molecule has 0 bridgehead atoms. The highest BCUT2D eigenvalue weighted by molar-refractivity contribution is 7.12. The van der Waals surface area contributed by atoms with Gasteiger partial charge in [0.15, 0.2) is 5.82 Å². The SMILES string of the molecule is NCCC(C(=O)Nc1ccc2[nH]nc(NC(=O)c3cccs3)c2c1)c1c(F)cccc1F. The van der Waals surface area contributed by atoms with Crippen molar-refractivity contribution in [2.45, 2.75) is 12.3 Å². The number of nitrogens with zero attached hydrogens (tertiary/aromatic N) is 1. The van der Waals surface area contributed by atoms with Gasteiger partial charge in [0.1, 0.15) is 11.6 Å². The number of hydrogen-bond donors (Lipinski definition) is 4. The van der Waals surface area contributed by atoms with Gasteiger partial charge in [0.05, 0.1) is 16.3 Å². The number of amides is 2. The van der Waals surface area contributed by atoms with E-state index in [1.54, 1.807) is 35.7 Å². The van der Waals surface area contributed by atoms with Crippen molar-refractivity contribution in [3.8, 4) is 0 Å². The number of anilines is 2.